The lowest BCUT2D eigenvalue weighted by Crippen LogP contribution is -2.63. The Hall–Kier alpha value is -1.26. The first kappa shape index (κ1) is 15.6. The maximum Gasteiger partial charge on any atom is 0.322 e. The molecule has 2 unspecified atom stereocenters. The molecule has 120 valence electrons. The standard InChI is InChI=1S/C17H23ClN2O2/c1-10-6-12-9-13(7-10)20(12)16(21)19-11-4-5-15(18)14(8-11)17(2,3)22/h4-5,8,10,12-13,22H,6-7,9H2,1-3H3,(H,19,21)/t10?,12-,13?/m1/s1. The van der Waals surface area contributed by atoms with Crippen LogP contribution in [0.3, 0.4) is 0 Å². The molecule has 3 fully saturated rings. The number of nitrogens with one attached hydrogen (secondary N) is 1. The summed E-state index contributed by atoms with van der Waals surface area (Å²) in [6.45, 7) is 5.62. The molecule has 2 saturated heterocycles. The molecule has 2 bridgehead atoms. The van der Waals surface area contributed by atoms with Crippen molar-refractivity contribution in [1.29, 1.82) is 0 Å². The minimum absolute atomic E-state index is 0.0443. The summed E-state index contributed by atoms with van der Waals surface area (Å²) in [6, 6.07) is 5.96. The number of anilines is 1. The summed E-state index contributed by atoms with van der Waals surface area (Å²) in [5.74, 6) is 0.713. The Morgan fingerprint density at radius 2 is 1.95 bits per heavy atom. The molecule has 3 aliphatic rings. The van der Waals surface area contributed by atoms with Crippen LogP contribution in [0.1, 0.15) is 45.6 Å². The molecular weight excluding hydrogens is 300 g/mol. The van der Waals surface area contributed by atoms with Gasteiger partial charge in [0.25, 0.3) is 0 Å². The molecule has 2 heterocycles. The summed E-state index contributed by atoms with van der Waals surface area (Å²) in [6.07, 6.45) is 3.33. The lowest BCUT2D eigenvalue weighted by atomic mass is 9.74. The van der Waals surface area contributed by atoms with Crippen LogP contribution in [0, 0.1) is 5.92 Å². The van der Waals surface area contributed by atoms with E-state index in [9.17, 15) is 9.90 Å². The van der Waals surface area contributed by atoms with E-state index >= 15 is 0 Å². The number of hydrogen-bond acceptors (Lipinski definition) is 2. The van der Waals surface area contributed by atoms with Gasteiger partial charge < -0.3 is 15.3 Å². The zero-order valence-corrected chi connectivity index (χ0v) is 14.0. The van der Waals surface area contributed by atoms with Gasteiger partial charge in [0.2, 0.25) is 0 Å². The van der Waals surface area contributed by atoms with E-state index in [0.717, 1.165) is 19.3 Å². The number of rotatable bonds is 2. The van der Waals surface area contributed by atoms with E-state index in [1.54, 1.807) is 32.0 Å². The van der Waals surface area contributed by atoms with Gasteiger partial charge in [0.05, 0.1) is 5.60 Å². The second-order valence-corrected chi connectivity index (χ2v) is 7.62. The third kappa shape index (κ3) is 2.82. The molecule has 0 aromatic heterocycles. The van der Waals surface area contributed by atoms with Crippen LogP contribution in [0.25, 0.3) is 0 Å². The fourth-order valence-electron chi connectivity index (χ4n) is 3.74. The predicted octanol–water partition coefficient (Wildman–Crippen LogP) is 3.97. The molecule has 22 heavy (non-hydrogen) atoms. The molecule has 1 aliphatic carbocycles. The zero-order chi connectivity index (χ0) is 16.1. The molecule has 1 aromatic rings. The fraction of sp³-hybridized carbons (Fsp3) is 0.588. The second-order valence-electron chi connectivity index (χ2n) is 7.21. The number of hydrogen-bond donors (Lipinski definition) is 2. The van der Waals surface area contributed by atoms with Crippen LogP contribution in [-0.2, 0) is 5.60 Å². The number of urea groups is 1. The topological polar surface area (TPSA) is 52.6 Å². The molecule has 2 N–H and O–H groups in total. The molecule has 0 spiro atoms. The Kier molecular flexibility index (Phi) is 3.86. The number of nitrogens with zero attached hydrogens (tertiary/aromatic N) is 1. The quantitative estimate of drug-likeness (QED) is 0.865. The molecular formula is C17H23ClN2O2. The van der Waals surface area contributed by atoms with Gasteiger partial charge in [-0.3, -0.25) is 0 Å². The van der Waals surface area contributed by atoms with Crippen LogP contribution < -0.4 is 5.32 Å². The van der Waals surface area contributed by atoms with Crippen LogP contribution in [0.4, 0.5) is 10.5 Å². The summed E-state index contributed by atoms with van der Waals surface area (Å²) < 4.78 is 0. The summed E-state index contributed by atoms with van der Waals surface area (Å²) in [5, 5.41) is 13.6. The monoisotopic (exact) mass is 322 g/mol. The second kappa shape index (κ2) is 5.43. The van der Waals surface area contributed by atoms with Crippen LogP contribution in [0.15, 0.2) is 18.2 Å². The van der Waals surface area contributed by atoms with Crippen molar-refractivity contribution in [1.82, 2.24) is 4.90 Å². The third-order valence-corrected chi connectivity index (χ3v) is 5.12. The van der Waals surface area contributed by atoms with Gasteiger partial charge in [-0.25, -0.2) is 4.79 Å². The largest absolute Gasteiger partial charge is 0.386 e. The van der Waals surface area contributed by atoms with Crippen molar-refractivity contribution in [2.24, 2.45) is 5.92 Å². The van der Waals surface area contributed by atoms with Crippen molar-refractivity contribution < 1.29 is 9.90 Å². The average Bonchev–Trinajstić information content (AvgIpc) is 2.39. The van der Waals surface area contributed by atoms with Crippen molar-refractivity contribution >= 4 is 23.3 Å². The number of fused-ring (bicyclic) bond motifs is 2. The van der Waals surface area contributed by atoms with Gasteiger partial charge in [-0.15, -0.1) is 0 Å². The van der Waals surface area contributed by atoms with E-state index in [0.29, 0.717) is 34.3 Å². The number of halogens is 1. The normalized spacial score (nSPS) is 27.3. The first-order chi connectivity index (χ1) is 10.3. The first-order valence-electron chi connectivity index (χ1n) is 7.87. The first-order valence-corrected chi connectivity index (χ1v) is 8.25. The Morgan fingerprint density at radius 1 is 1.32 bits per heavy atom. The number of amides is 2. The van der Waals surface area contributed by atoms with Gasteiger partial charge in [-0.1, -0.05) is 18.5 Å². The third-order valence-electron chi connectivity index (χ3n) is 4.79. The Bertz CT molecular complexity index is 585. The number of carbonyl (C=O) groups is 1. The lowest BCUT2D eigenvalue weighted by Gasteiger charge is -2.54. The van der Waals surface area contributed by atoms with Crippen LogP contribution in [0.2, 0.25) is 5.02 Å². The van der Waals surface area contributed by atoms with Crippen LogP contribution in [0.5, 0.6) is 0 Å². The number of benzene rings is 1. The highest BCUT2D eigenvalue weighted by atomic mass is 35.5. The van der Waals surface area contributed by atoms with Crippen molar-refractivity contribution in [3.05, 3.63) is 28.8 Å². The van der Waals surface area contributed by atoms with Crippen LogP contribution >= 0.6 is 11.6 Å². The molecule has 1 saturated carbocycles. The smallest absolute Gasteiger partial charge is 0.322 e. The van der Waals surface area contributed by atoms with E-state index in [1.165, 1.54) is 0 Å². The minimum atomic E-state index is -1.04. The van der Waals surface area contributed by atoms with Crippen molar-refractivity contribution in [3.63, 3.8) is 0 Å². The Morgan fingerprint density at radius 3 is 2.55 bits per heavy atom. The number of piperidine rings is 1. The fourth-order valence-corrected chi connectivity index (χ4v) is 4.09. The van der Waals surface area contributed by atoms with Crippen LogP contribution in [-0.4, -0.2) is 28.1 Å². The summed E-state index contributed by atoms with van der Waals surface area (Å²) >= 11 is 6.13. The Labute approximate surface area is 136 Å². The van der Waals surface area contributed by atoms with Gasteiger partial charge in [0.15, 0.2) is 0 Å². The average molecular weight is 323 g/mol. The molecule has 4 rings (SSSR count). The number of carbonyl (C=O) groups excluding carboxylic acids is 1. The van der Waals surface area contributed by atoms with E-state index in [-0.39, 0.29) is 6.03 Å². The van der Waals surface area contributed by atoms with E-state index in [4.69, 9.17) is 11.6 Å². The van der Waals surface area contributed by atoms with Crippen molar-refractivity contribution in [2.75, 3.05) is 5.32 Å². The molecule has 0 radical (unpaired) electrons. The van der Waals surface area contributed by atoms with Gasteiger partial charge >= 0.3 is 6.03 Å². The summed E-state index contributed by atoms with van der Waals surface area (Å²) in [5.41, 5.74) is 0.245. The van der Waals surface area contributed by atoms with E-state index in [2.05, 4.69) is 12.2 Å². The maximum absolute atomic E-state index is 12.5. The lowest BCUT2D eigenvalue weighted by molar-refractivity contribution is -0.00602. The molecule has 4 nitrogen and oxygen atoms in total. The summed E-state index contributed by atoms with van der Waals surface area (Å²) in [4.78, 5) is 14.5. The van der Waals surface area contributed by atoms with E-state index < -0.39 is 5.60 Å². The van der Waals surface area contributed by atoms with Gasteiger partial charge in [0, 0.05) is 28.4 Å². The SMILES string of the molecule is CC1CC2C[C@@H](C1)N2C(=O)Nc1ccc(Cl)c(C(C)(C)O)c1. The summed E-state index contributed by atoms with van der Waals surface area (Å²) in [7, 11) is 0. The molecule has 5 heteroatoms. The predicted molar refractivity (Wildman–Crippen MR) is 88.1 cm³/mol. The van der Waals surface area contributed by atoms with Crippen molar-refractivity contribution in [3.8, 4) is 0 Å². The highest BCUT2D eigenvalue weighted by Crippen LogP contribution is 2.41. The van der Waals surface area contributed by atoms with Crippen molar-refractivity contribution in [2.45, 2.75) is 57.7 Å². The molecule has 2 amide bonds. The zero-order valence-electron chi connectivity index (χ0n) is 13.3. The van der Waals surface area contributed by atoms with Gasteiger partial charge in [-0.05, 0) is 57.2 Å². The van der Waals surface area contributed by atoms with Gasteiger partial charge in [0.1, 0.15) is 0 Å². The van der Waals surface area contributed by atoms with E-state index in [1.807, 2.05) is 4.90 Å². The maximum atomic E-state index is 12.5. The number of aliphatic hydroxyl groups is 1. The highest BCUT2D eigenvalue weighted by Gasteiger charge is 2.46. The minimum Gasteiger partial charge on any atom is -0.386 e. The highest BCUT2D eigenvalue weighted by molar-refractivity contribution is 6.31. The van der Waals surface area contributed by atoms with Gasteiger partial charge in [-0.2, -0.15) is 0 Å². The molecule has 3 atom stereocenters. The Balaban J connectivity index is 1.73. The molecule has 2 aliphatic heterocycles. The molecule has 1 aromatic carbocycles.